The van der Waals surface area contributed by atoms with Gasteiger partial charge in [-0.1, -0.05) is 0 Å². The molecule has 3 radical (unpaired) electrons. The van der Waals surface area contributed by atoms with Gasteiger partial charge in [0.1, 0.15) is 0 Å². The van der Waals surface area contributed by atoms with Crippen molar-refractivity contribution in [1.82, 2.24) is 0 Å². The van der Waals surface area contributed by atoms with Crippen LogP contribution in [0.4, 0.5) is 0 Å². The summed E-state index contributed by atoms with van der Waals surface area (Å²) in [5.74, 6) is 0. The molecule has 5 nitrogen and oxygen atoms in total. The molecule has 0 aliphatic rings. The van der Waals surface area contributed by atoms with Gasteiger partial charge in [-0.25, -0.2) is 0 Å². The Kier molecular flexibility index (Phi) is 24.6. The fourth-order valence-electron chi connectivity index (χ4n) is 0. The van der Waals surface area contributed by atoms with Crippen molar-refractivity contribution in [3.63, 3.8) is 0 Å². The molecule has 0 saturated heterocycles. The van der Waals surface area contributed by atoms with E-state index < -0.39 is 10.4 Å². The van der Waals surface area contributed by atoms with E-state index in [0.717, 1.165) is 0 Å². The normalized spacial score (nSPS) is 7.25. The summed E-state index contributed by atoms with van der Waals surface area (Å²) in [4.78, 5) is 0. The van der Waals surface area contributed by atoms with Crippen molar-refractivity contribution in [3.05, 3.63) is 0 Å². The van der Waals surface area contributed by atoms with Crippen molar-refractivity contribution in [1.29, 1.82) is 0 Å². The first-order valence-electron chi connectivity index (χ1n) is 0.667. The van der Waals surface area contributed by atoms with E-state index in [0.29, 0.717) is 0 Å². The molecule has 0 bridgehead atoms. The number of hydrogen-bond acceptors (Lipinski definition) is 4. The molecule has 8 heavy (non-hydrogen) atoms. The van der Waals surface area contributed by atoms with Crippen molar-refractivity contribution in [3.8, 4) is 0 Å². The van der Waals surface area contributed by atoms with Gasteiger partial charge in [-0.2, -0.15) is 0 Å². The van der Waals surface area contributed by atoms with Gasteiger partial charge in [0.15, 0.2) is 0 Å². The van der Waals surface area contributed by atoms with Crippen LogP contribution < -0.4 is 0 Å². The summed E-state index contributed by atoms with van der Waals surface area (Å²) in [5, 5.41) is 0. The smallest absolute Gasteiger partial charge is 0.0311 e. The van der Waals surface area contributed by atoms with E-state index in [1.807, 2.05) is 0 Å². The van der Waals surface area contributed by atoms with E-state index in [-0.39, 0.29) is 61.2 Å². The topological polar surface area (TPSA) is 109 Å². The molecule has 43 valence electrons. The Bertz CT molecular complexity index is 95.6. The Labute approximate surface area is 88.1 Å². The molecule has 0 atom stereocenters. The summed E-state index contributed by atoms with van der Waals surface area (Å²) in [6, 6.07) is 0. The van der Waals surface area contributed by atoms with Crippen LogP contribution >= 0.6 is 0 Å². The molecule has 0 aliphatic heterocycles. The van der Waals surface area contributed by atoms with Crippen LogP contribution in [0, 0.1) is 0 Å². The van der Waals surface area contributed by atoms with Gasteiger partial charge in [0.25, 0.3) is 0 Å². The summed E-state index contributed by atoms with van der Waals surface area (Å²) in [5.41, 5.74) is 0. The molecule has 0 spiro atoms. The van der Waals surface area contributed by atoms with Crippen molar-refractivity contribution < 1.29 is 49.2 Å². The van der Waals surface area contributed by atoms with Crippen LogP contribution in [-0.2, 0) is 42.1 Å². The van der Waals surface area contributed by atoms with Crippen molar-refractivity contribution >= 4 is 40.0 Å². The number of rotatable bonds is 0. The molecule has 0 amide bonds. The maximum Gasteiger partial charge on any atom is 0.0311 e. The molecule has 0 rings (SSSR count). The average Bonchev–Trinajstić information content (AvgIpc) is 0.722. The molecule has 0 N–H and O–H groups in total. The molecule has 0 unspecified atom stereocenters. The molecule has 0 aromatic heterocycles. The van der Waals surface area contributed by atoms with E-state index >= 15 is 0 Å². The maximum absolute atomic E-state index is 8.52. The first-order valence-corrected chi connectivity index (χ1v) is 2.00. The average molecular weight is 226 g/mol. The van der Waals surface area contributed by atoms with Crippen molar-refractivity contribution in [2.75, 3.05) is 0 Å². The second kappa shape index (κ2) is 8.71. The summed E-state index contributed by atoms with van der Waals surface area (Å²) in [7, 11) is -5.17. The van der Waals surface area contributed by atoms with E-state index in [1.165, 1.54) is 0 Å². The second-order valence-corrected chi connectivity index (χ2v) is 1.22. The summed E-state index contributed by atoms with van der Waals surface area (Å²) in [6.45, 7) is 0. The zero-order chi connectivity index (χ0) is 4.50. The van der Waals surface area contributed by atoms with Crippen LogP contribution in [-0.4, -0.2) is 47.1 Å². The zero-order valence-corrected chi connectivity index (χ0v) is 9.22. The van der Waals surface area contributed by atoms with E-state index in [2.05, 4.69) is 0 Å². The summed E-state index contributed by atoms with van der Waals surface area (Å²) in [6.07, 6.45) is 0. The van der Waals surface area contributed by atoms with Gasteiger partial charge in [-0.05, 0) is 0 Å². The van der Waals surface area contributed by atoms with E-state index in [9.17, 15) is 0 Å². The Balaban J connectivity index is -0.0000000267. The van der Waals surface area contributed by atoms with Crippen molar-refractivity contribution in [2.45, 2.75) is 0 Å². The monoisotopic (exact) mass is 225 g/mol. The Hall–Kier alpha value is 1.71. The van der Waals surface area contributed by atoms with Gasteiger partial charge in [0.05, 0.1) is 0 Å². The first-order chi connectivity index (χ1) is 2.00. The van der Waals surface area contributed by atoms with Gasteiger partial charge in [-0.3, -0.25) is 8.42 Å². The molecular weight excluding hydrogens is 226 g/mol. The first kappa shape index (κ1) is 22.6. The molecule has 0 heterocycles. The zero-order valence-electron chi connectivity index (χ0n) is 3.95. The van der Waals surface area contributed by atoms with Crippen LogP contribution in [0.25, 0.3) is 0 Å². The van der Waals surface area contributed by atoms with Crippen LogP contribution in [0.2, 0.25) is 0 Å². The van der Waals surface area contributed by atoms with Crippen LogP contribution in [0.3, 0.4) is 0 Å². The standard InChI is InChI=1S/Na.H2O4S.O.Zr/c;1-5(2,3)4;;/h;(H2,1,2,3,4);;/p-2. The predicted molar refractivity (Wildman–Crippen MR) is 16.9 cm³/mol. The Morgan fingerprint density at radius 2 is 1.12 bits per heavy atom. The predicted octanol–water partition coefficient (Wildman–Crippen LogP) is -1.84. The molecular formula is NaO5SZr-2. The van der Waals surface area contributed by atoms with Crippen molar-refractivity contribution in [2.24, 2.45) is 0 Å². The molecule has 8 heteroatoms. The van der Waals surface area contributed by atoms with E-state index in [4.69, 9.17) is 17.5 Å². The number of hydrogen-bond donors (Lipinski definition) is 0. The van der Waals surface area contributed by atoms with Gasteiger partial charge in [0.2, 0.25) is 0 Å². The third-order valence-corrected chi connectivity index (χ3v) is 0. The minimum absolute atomic E-state index is 0. The summed E-state index contributed by atoms with van der Waals surface area (Å²) >= 11 is 0. The van der Waals surface area contributed by atoms with Crippen LogP contribution in [0.15, 0.2) is 0 Å². The minimum atomic E-state index is -5.17. The van der Waals surface area contributed by atoms with Gasteiger partial charge in [-0.15, -0.1) is 0 Å². The minimum Gasteiger partial charge on any atom is -0.759 e. The molecule has 0 saturated carbocycles. The van der Waals surface area contributed by atoms with Gasteiger partial charge < -0.3 is 9.11 Å². The van der Waals surface area contributed by atoms with E-state index in [1.54, 1.807) is 0 Å². The summed E-state index contributed by atoms with van der Waals surface area (Å²) < 4.78 is 34.1. The third-order valence-electron chi connectivity index (χ3n) is 0. The molecule has 0 fully saturated rings. The Morgan fingerprint density at radius 3 is 1.12 bits per heavy atom. The Morgan fingerprint density at radius 1 is 1.12 bits per heavy atom. The third kappa shape index (κ3) is 118. The maximum atomic E-state index is 8.52. The SMILES string of the molecule is O=S(=O)([O-])[O-].[Na].[O].[Zr]. The second-order valence-electron chi connectivity index (χ2n) is 0.408. The van der Waals surface area contributed by atoms with Gasteiger partial charge >= 0.3 is 0 Å². The largest absolute Gasteiger partial charge is 0.759 e. The fraction of sp³-hybridized carbons (Fsp3) is 0. The molecule has 0 aliphatic carbocycles. The molecule has 0 aromatic rings. The molecule has 0 aromatic carbocycles. The quantitative estimate of drug-likeness (QED) is 0.274. The van der Waals surface area contributed by atoms with Crippen LogP contribution in [0.5, 0.6) is 0 Å². The van der Waals surface area contributed by atoms with Crippen LogP contribution in [0.1, 0.15) is 0 Å². The van der Waals surface area contributed by atoms with Gasteiger partial charge in [0, 0.05) is 71.6 Å². The fourth-order valence-corrected chi connectivity index (χ4v) is 0.